The van der Waals surface area contributed by atoms with Crippen molar-refractivity contribution < 1.29 is 19.4 Å². The van der Waals surface area contributed by atoms with Crippen molar-refractivity contribution in [2.75, 3.05) is 39.9 Å². The first-order chi connectivity index (χ1) is 15.0. The molecule has 7 heteroatoms. The quantitative estimate of drug-likeness (QED) is 0.570. The van der Waals surface area contributed by atoms with Gasteiger partial charge in [-0.25, -0.2) is 0 Å². The van der Waals surface area contributed by atoms with E-state index in [4.69, 9.17) is 9.47 Å². The van der Waals surface area contributed by atoms with Crippen LogP contribution in [0.1, 0.15) is 43.2 Å². The largest absolute Gasteiger partial charge is 0.497 e. The van der Waals surface area contributed by atoms with Crippen molar-refractivity contribution in [1.29, 1.82) is 0 Å². The average Bonchev–Trinajstić information content (AvgIpc) is 3.26. The third kappa shape index (κ3) is 6.21. The van der Waals surface area contributed by atoms with Crippen LogP contribution in [0.5, 0.6) is 11.5 Å². The molecule has 1 amide bonds. The molecule has 2 atom stereocenters. The fourth-order valence-electron chi connectivity index (χ4n) is 4.00. The predicted octanol–water partition coefficient (Wildman–Crippen LogP) is 3.74. The number of fused-ring (bicyclic) bond motifs is 1. The first-order valence-corrected chi connectivity index (χ1v) is 12.0. The summed E-state index contributed by atoms with van der Waals surface area (Å²) in [5.41, 5.74) is 1.18. The summed E-state index contributed by atoms with van der Waals surface area (Å²) in [4.78, 5) is 18.7. The predicted molar refractivity (Wildman–Crippen MR) is 124 cm³/mol. The zero-order valence-corrected chi connectivity index (χ0v) is 19.6. The Morgan fingerprint density at radius 1 is 1.32 bits per heavy atom. The third-order valence-corrected chi connectivity index (χ3v) is 6.70. The minimum atomic E-state index is -0.406. The summed E-state index contributed by atoms with van der Waals surface area (Å²) in [6, 6.07) is 9.54. The van der Waals surface area contributed by atoms with Gasteiger partial charge in [0.15, 0.2) is 0 Å². The van der Waals surface area contributed by atoms with Gasteiger partial charge < -0.3 is 19.5 Å². The SMILES string of the molecule is CCCN(CC(=O)N1CCc2sccc2C1COc1cccc(OC)c1)CC(O)CC. The number of ether oxygens (including phenoxy) is 2. The van der Waals surface area contributed by atoms with Gasteiger partial charge in [-0.2, -0.15) is 0 Å². The Balaban J connectivity index is 1.73. The highest BCUT2D eigenvalue weighted by atomic mass is 32.1. The van der Waals surface area contributed by atoms with Crippen molar-refractivity contribution >= 4 is 17.2 Å². The molecule has 1 aliphatic rings. The van der Waals surface area contributed by atoms with Crippen LogP contribution < -0.4 is 9.47 Å². The van der Waals surface area contributed by atoms with Crippen LogP contribution in [0.2, 0.25) is 0 Å². The van der Waals surface area contributed by atoms with Gasteiger partial charge in [-0.3, -0.25) is 9.69 Å². The van der Waals surface area contributed by atoms with Crippen molar-refractivity contribution in [2.24, 2.45) is 0 Å². The molecule has 2 aromatic rings. The van der Waals surface area contributed by atoms with Crippen LogP contribution in [-0.4, -0.2) is 66.8 Å². The van der Waals surface area contributed by atoms with Crippen LogP contribution in [0.15, 0.2) is 35.7 Å². The minimum Gasteiger partial charge on any atom is -0.497 e. The van der Waals surface area contributed by atoms with E-state index in [1.165, 1.54) is 10.4 Å². The molecule has 1 N–H and O–H groups in total. The van der Waals surface area contributed by atoms with Gasteiger partial charge in [-0.1, -0.05) is 19.9 Å². The van der Waals surface area contributed by atoms with Gasteiger partial charge in [-0.15, -0.1) is 11.3 Å². The number of nitrogens with zero attached hydrogens (tertiary/aromatic N) is 2. The minimum absolute atomic E-state index is 0.0906. The Labute approximate surface area is 189 Å². The van der Waals surface area contributed by atoms with Crippen molar-refractivity contribution in [3.05, 3.63) is 46.2 Å². The Morgan fingerprint density at radius 2 is 2.13 bits per heavy atom. The van der Waals surface area contributed by atoms with Crippen molar-refractivity contribution in [3.8, 4) is 11.5 Å². The molecule has 0 radical (unpaired) electrons. The maximum atomic E-state index is 13.3. The average molecular weight is 447 g/mol. The van der Waals surface area contributed by atoms with E-state index in [0.717, 1.165) is 30.9 Å². The second-order valence-corrected chi connectivity index (χ2v) is 8.94. The number of aliphatic hydroxyl groups is 1. The molecule has 170 valence electrons. The van der Waals surface area contributed by atoms with Crippen LogP contribution >= 0.6 is 11.3 Å². The third-order valence-electron chi connectivity index (χ3n) is 5.70. The van der Waals surface area contributed by atoms with Gasteiger partial charge in [0.05, 0.1) is 25.8 Å². The number of rotatable bonds is 11. The summed E-state index contributed by atoms with van der Waals surface area (Å²) in [5, 5.41) is 12.2. The second-order valence-electron chi connectivity index (χ2n) is 7.94. The number of carbonyl (C=O) groups excluding carboxylic acids is 1. The van der Waals surface area contributed by atoms with Crippen LogP contribution in [0.25, 0.3) is 0 Å². The summed E-state index contributed by atoms with van der Waals surface area (Å²) in [7, 11) is 1.63. The van der Waals surface area contributed by atoms with Gasteiger partial charge in [0.1, 0.15) is 18.1 Å². The highest BCUT2D eigenvalue weighted by Gasteiger charge is 2.33. The van der Waals surface area contributed by atoms with E-state index in [9.17, 15) is 9.90 Å². The van der Waals surface area contributed by atoms with Crippen molar-refractivity contribution in [3.63, 3.8) is 0 Å². The van der Waals surface area contributed by atoms with Crippen LogP contribution in [-0.2, 0) is 11.2 Å². The lowest BCUT2D eigenvalue weighted by Crippen LogP contribution is -2.47. The first kappa shape index (κ1) is 23.6. The molecule has 2 heterocycles. The van der Waals surface area contributed by atoms with Crippen LogP contribution in [0, 0.1) is 0 Å². The molecule has 6 nitrogen and oxygen atoms in total. The fraction of sp³-hybridized carbons (Fsp3) is 0.542. The van der Waals surface area contributed by atoms with E-state index in [2.05, 4.69) is 23.3 Å². The molecular weight excluding hydrogens is 412 g/mol. The summed E-state index contributed by atoms with van der Waals surface area (Å²) in [6.45, 7) is 6.79. The molecular formula is C24H34N2O4S. The summed E-state index contributed by atoms with van der Waals surface area (Å²) in [5.74, 6) is 1.57. The van der Waals surface area contributed by atoms with E-state index >= 15 is 0 Å². The molecule has 1 aromatic heterocycles. The number of benzene rings is 1. The Hall–Kier alpha value is -2.09. The van der Waals surface area contributed by atoms with Crippen LogP contribution in [0.3, 0.4) is 0 Å². The van der Waals surface area contributed by atoms with E-state index < -0.39 is 6.10 Å². The zero-order chi connectivity index (χ0) is 22.2. The molecule has 2 unspecified atom stereocenters. The van der Waals surface area contributed by atoms with E-state index in [-0.39, 0.29) is 11.9 Å². The lowest BCUT2D eigenvalue weighted by atomic mass is 10.0. The standard InChI is InChI=1S/C24H34N2O4S/c1-4-11-25(15-18(27)5-2)16-24(28)26-12-9-23-21(10-13-31-23)22(26)17-30-20-8-6-7-19(14-20)29-3/h6-8,10,13-14,18,22,27H,4-5,9,11-12,15-17H2,1-3H3. The number of hydrogen-bond acceptors (Lipinski definition) is 6. The van der Waals surface area contributed by atoms with Crippen molar-refractivity contribution in [2.45, 2.75) is 45.3 Å². The number of aliphatic hydroxyl groups excluding tert-OH is 1. The first-order valence-electron chi connectivity index (χ1n) is 11.1. The topological polar surface area (TPSA) is 62.2 Å². The second kappa shape index (κ2) is 11.5. The molecule has 0 aliphatic carbocycles. The number of thiophene rings is 1. The Morgan fingerprint density at radius 3 is 2.87 bits per heavy atom. The summed E-state index contributed by atoms with van der Waals surface area (Å²) in [6.07, 6.45) is 2.10. The van der Waals surface area contributed by atoms with E-state index in [0.29, 0.717) is 32.7 Å². The van der Waals surface area contributed by atoms with Gasteiger partial charge in [0.2, 0.25) is 5.91 Å². The van der Waals surface area contributed by atoms with Gasteiger partial charge in [0.25, 0.3) is 0 Å². The van der Waals surface area contributed by atoms with Crippen LogP contribution in [0.4, 0.5) is 0 Å². The molecule has 0 spiro atoms. The Bertz CT molecular complexity index is 840. The monoisotopic (exact) mass is 446 g/mol. The maximum absolute atomic E-state index is 13.3. The fourth-order valence-corrected chi connectivity index (χ4v) is 4.93. The number of methoxy groups -OCH3 is 1. The van der Waals surface area contributed by atoms with Gasteiger partial charge in [-0.05, 0) is 54.9 Å². The molecule has 1 aliphatic heterocycles. The molecule has 0 bridgehead atoms. The lowest BCUT2D eigenvalue weighted by Gasteiger charge is -2.37. The maximum Gasteiger partial charge on any atom is 0.237 e. The van der Waals surface area contributed by atoms with Crippen molar-refractivity contribution in [1.82, 2.24) is 9.80 Å². The molecule has 3 rings (SSSR count). The molecule has 0 fully saturated rings. The highest BCUT2D eigenvalue weighted by Crippen LogP contribution is 2.34. The summed E-state index contributed by atoms with van der Waals surface area (Å²) < 4.78 is 11.4. The molecule has 31 heavy (non-hydrogen) atoms. The smallest absolute Gasteiger partial charge is 0.237 e. The highest BCUT2D eigenvalue weighted by molar-refractivity contribution is 7.10. The number of carbonyl (C=O) groups is 1. The summed E-state index contributed by atoms with van der Waals surface area (Å²) >= 11 is 1.75. The van der Waals surface area contributed by atoms with Gasteiger partial charge in [0, 0.05) is 24.0 Å². The zero-order valence-electron chi connectivity index (χ0n) is 18.8. The molecule has 0 saturated carbocycles. The Kier molecular flexibility index (Phi) is 8.75. The normalized spacial score (nSPS) is 16.8. The molecule has 1 aromatic carbocycles. The number of hydrogen-bond donors (Lipinski definition) is 1. The van der Waals surface area contributed by atoms with E-state index in [1.54, 1.807) is 18.4 Å². The molecule has 0 saturated heterocycles. The van der Waals surface area contributed by atoms with E-state index in [1.807, 2.05) is 36.1 Å². The van der Waals surface area contributed by atoms with Gasteiger partial charge >= 0.3 is 0 Å². The lowest BCUT2D eigenvalue weighted by molar-refractivity contribution is -0.136. The number of amides is 1.